The minimum atomic E-state index is -4.96. The van der Waals surface area contributed by atoms with Crippen molar-refractivity contribution in [3.63, 3.8) is 0 Å². The molecule has 0 aromatic rings. The van der Waals surface area contributed by atoms with Gasteiger partial charge in [-0.1, -0.05) is 304 Å². The molecule has 0 fully saturated rings. The van der Waals surface area contributed by atoms with Crippen molar-refractivity contribution < 1.29 is 80.2 Å². The fraction of sp³-hybridized carbons (Fsp3) is 0.893. The number of unbranched alkanes of at least 4 members (excludes halogenated alkanes) is 35. The summed E-state index contributed by atoms with van der Waals surface area (Å²) in [7, 11) is -9.92. The summed E-state index contributed by atoms with van der Waals surface area (Å²) in [5.74, 6) is 0.101. The lowest BCUT2D eigenvalue weighted by atomic mass is 10.00. The highest BCUT2D eigenvalue weighted by atomic mass is 31.2. The zero-order valence-corrected chi connectivity index (χ0v) is 62.7. The lowest BCUT2D eigenvalue weighted by Crippen LogP contribution is -2.30. The van der Waals surface area contributed by atoms with Crippen LogP contribution in [0.2, 0.25) is 0 Å². The quantitative estimate of drug-likeness (QED) is 0.0169. The van der Waals surface area contributed by atoms with Gasteiger partial charge in [-0.05, 0) is 69.1 Å². The van der Waals surface area contributed by atoms with Crippen molar-refractivity contribution in [1.29, 1.82) is 0 Å². The normalized spacial score (nSPS) is 14.6. The number of hydrogen-bond acceptors (Lipinski definition) is 15. The predicted molar refractivity (Wildman–Crippen MR) is 381 cm³/mol. The number of rotatable bonds is 71. The lowest BCUT2D eigenvalue weighted by Gasteiger charge is -2.21. The Labute approximate surface area is 573 Å². The van der Waals surface area contributed by atoms with E-state index in [0.29, 0.717) is 25.7 Å². The molecule has 0 heterocycles. The molecular formula is C75H142O17P2. The van der Waals surface area contributed by atoms with E-state index in [4.69, 9.17) is 37.0 Å². The van der Waals surface area contributed by atoms with Crippen LogP contribution in [0.15, 0.2) is 24.3 Å². The van der Waals surface area contributed by atoms with E-state index in [2.05, 4.69) is 72.8 Å². The van der Waals surface area contributed by atoms with Gasteiger partial charge in [-0.15, -0.1) is 0 Å². The molecule has 0 amide bonds. The Hall–Kier alpha value is -2.46. The second-order valence-electron chi connectivity index (χ2n) is 27.5. The minimum absolute atomic E-state index is 0.0838. The third-order valence-electron chi connectivity index (χ3n) is 17.1. The lowest BCUT2D eigenvalue weighted by molar-refractivity contribution is -0.161. The van der Waals surface area contributed by atoms with E-state index in [0.717, 1.165) is 127 Å². The molecule has 94 heavy (non-hydrogen) atoms. The first-order chi connectivity index (χ1) is 45.3. The number of carbonyl (C=O) groups excluding carboxylic acids is 4. The summed E-state index contributed by atoms with van der Waals surface area (Å²) in [6, 6.07) is 0. The van der Waals surface area contributed by atoms with Gasteiger partial charge in [-0.25, -0.2) is 9.13 Å². The third-order valence-corrected chi connectivity index (χ3v) is 19.0. The smallest absolute Gasteiger partial charge is 0.462 e. The van der Waals surface area contributed by atoms with Crippen LogP contribution in [0.25, 0.3) is 0 Å². The maximum atomic E-state index is 13.1. The summed E-state index contributed by atoms with van der Waals surface area (Å²) < 4.78 is 68.4. The van der Waals surface area contributed by atoms with Crippen LogP contribution in [-0.2, 0) is 65.4 Å². The maximum absolute atomic E-state index is 13.1. The molecule has 3 N–H and O–H groups in total. The van der Waals surface area contributed by atoms with Crippen molar-refractivity contribution in [2.75, 3.05) is 39.6 Å². The summed E-state index contributed by atoms with van der Waals surface area (Å²) in [5.41, 5.74) is 0. The second-order valence-corrected chi connectivity index (χ2v) is 30.5. The van der Waals surface area contributed by atoms with E-state index in [1.165, 1.54) is 148 Å². The van der Waals surface area contributed by atoms with Crippen LogP contribution in [0.3, 0.4) is 0 Å². The summed E-state index contributed by atoms with van der Waals surface area (Å²) >= 11 is 0. The fourth-order valence-electron chi connectivity index (χ4n) is 10.9. The Balaban J connectivity index is 5.27. The van der Waals surface area contributed by atoms with E-state index < -0.39 is 97.5 Å². The molecule has 0 spiro atoms. The van der Waals surface area contributed by atoms with Crippen LogP contribution < -0.4 is 0 Å². The summed E-state index contributed by atoms with van der Waals surface area (Å²) in [6.45, 7) is 11.8. The van der Waals surface area contributed by atoms with Crippen LogP contribution in [0.5, 0.6) is 0 Å². The zero-order chi connectivity index (χ0) is 69.4. The molecule has 0 radical (unpaired) electrons. The fourth-order valence-corrected chi connectivity index (χ4v) is 12.4. The molecular weight excluding hydrogens is 1230 g/mol. The molecule has 0 rings (SSSR count). The molecule has 19 heteroatoms. The molecule has 6 atom stereocenters. The maximum Gasteiger partial charge on any atom is 0.472 e. The Morgan fingerprint density at radius 2 is 0.628 bits per heavy atom. The average molecular weight is 1380 g/mol. The number of phosphoric ester groups is 2. The Morgan fingerprint density at radius 3 is 0.947 bits per heavy atom. The first-order valence-corrected chi connectivity index (χ1v) is 41.2. The number of hydrogen-bond donors (Lipinski definition) is 3. The van der Waals surface area contributed by atoms with E-state index in [1.807, 2.05) is 0 Å². The molecule has 0 saturated heterocycles. The molecule has 0 saturated carbocycles. The largest absolute Gasteiger partial charge is 0.472 e. The van der Waals surface area contributed by atoms with Crippen molar-refractivity contribution in [3.05, 3.63) is 24.3 Å². The van der Waals surface area contributed by atoms with Crippen LogP contribution in [0.1, 0.15) is 357 Å². The van der Waals surface area contributed by atoms with Gasteiger partial charge in [0, 0.05) is 25.7 Å². The highest BCUT2D eigenvalue weighted by Gasteiger charge is 2.30. The van der Waals surface area contributed by atoms with Crippen molar-refractivity contribution in [2.45, 2.75) is 375 Å². The molecule has 0 aliphatic rings. The number of phosphoric acid groups is 2. The van der Waals surface area contributed by atoms with E-state index >= 15 is 0 Å². The molecule has 17 nitrogen and oxygen atoms in total. The molecule has 0 aromatic heterocycles. The standard InChI is InChI=1S/C75H142O17P2/c1-8-10-11-12-13-14-15-16-18-22-25-28-35-44-51-59-75(80)92-71(63-86-73(78)57-50-43-38-37-41-48-55-68(7)9-2)65-90-94(83,84)88-61-69(76)60-87-93(81,82)89-64-70(62-85-72(77)56-49-42-34-31-30-33-40-47-54-67(5)6)91-74(79)58-52-45-36-29-26-23-20-17-19-21-24-27-32-39-46-53-66(3)4/h14-16,18,66-71,76H,8-13,17,19-65H2,1-7H3,(H,81,82)(H,83,84)/b15-14-,18-16-/t68?,69-,70-,71-/m1/s1. The predicted octanol–water partition coefficient (Wildman–Crippen LogP) is 21.3. The molecule has 0 aliphatic heterocycles. The Kier molecular flexibility index (Phi) is 63.5. The monoisotopic (exact) mass is 1380 g/mol. The minimum Gasteiger partial charge on any atom is -0.462 e. The molecule has 554 valence electrons. The van der Waals surface area contributed by atoms with E-state index in [1.54, 1.807) is 0 Å². The Morgan fingerprint density at radius 1 is 0.351 bits per heavy atom. The van der Waals surface area contributed by atoms with Crippen molar-refractivity contribution in [1.82, 2.24) is 0 Å². The number of aliphatic hydroxyl groups is 1. The molecule has 0 aromatic carbocycles. The zero-order valence-electron chi connectivity index (χ0n) is 60.9. The molecule has 3 unspecified atom stereocenters. The first-order valence-electron chi connectivity index (χ1n) is 38.2. The number of esters is 4. The highest BCUT2D eigenvalue weighted by molar-refractivity contribution is 7.47. The Bertz CT molecular complexity index is 1930. The van der Waals surface area contributed by atoms with Crippen molar-refractivity contribution >= 4 is 39.5 Å². The first kappa shape index (κ1) is 91.5. The van der Waals surface area contributed by atoms with Crippen LogP contribution in [-0.4, -0.2) is 96.7 Å². The van der Waals surface area contributed by atoms with Crippen LogP contribution >= 0.6 is 15.6 Å². The van der Waals surface area contributed by atoms with Gasteiger partial charge in [0.15, 0.2) is 12.2 Å². The van der Waals surface area contributed by atoms with Gasteiger partial charge in [0.05, 0.1) is 26.4 Å². The van der Waals surface area contributed by atoms with Gasteiger partial charge < -0.3 is 33.8 Å². The van der Waals surface area contributed by atoms with E-state index in [-0.39, 0.29) is 25.7 Å². The number of allylic oxidation sites excluding steroid dienone is 4. The highest BCUT2D eigenvalue weighted by Crippen LogP contribution is 2.45. The van der Waals surface area contributed by atoms with Crippen LogP contribution in [0.4, 0.5) is 0 Å². The van der Waals surface area contributed by atoms with Gasteiger partial charge in [-0.3, -0.25) is 37.3 Å². The number of ether oxygens (including phenoxy) is 4. The van der Waals surface area contributed by atoms with Crippen molar-refractivity contribution in [2.24, 2.45) is 17.8 Å². The summed E-state index contributed by atoms with van der Waals surface area (Å²) in [4.78, 5) is 72.7. The van der Waals surface area contributed by atoms with Crippen molar-refractivity contribution in [3.8, 4) is 0 Å². The average Bonchev–Trinajstić information content (AvgIpc) is 1.23. The molecule has 0 aliphatic carbocycles. The van der Waals surface area contributed by atoms with Gasteiger partial charge in [0.2, 0.25) is 0 Å². The van der Waals surface area contributed by atoms with Gasteiger partial charge >= 0.3 is 39.5 Å². The van der Waals surface area contributed by atoms with Crippen LogP contribution in [0, 0.1) is 17.8 Å². The van der Waals surface area contributed by atoms with Gasteiger partial charge in [-0.2, -0.15) is 0 Å². The third kappa shape index (κ3) is 66.8. The van der Waals surface area contributed by atoms with E-state index in [9.17, 15) is 43.2 Å². The summed E-state index contributed by atoms with van der Waals surface area (Å²) in [6.07, 6.45) is 53.6. The second kappa shape index (κ2) is 65.2. The topological polar surface area (TPSA) is 237 Å². The van der Waals surface area contributed by atoms with Gasteiger partial charge in [0.25, 0.3) is 0 Å². The number of aliphatic hydroxyl groups excluding tert-OH is 1. The molecule has 0 bridgehead atoms. The number of carbonyl (C=O) groups is 4. The summed E-state index contributed by atoms with van der Waals surface area (Å²) in [5, 5.41) is 10.6. The van der Waals surface area contributed by atoms with Gasteiger partial charge in [0.1, 0.15) is 19.3 Å². The SMILES string of the molecule is CCCCCC/C=C\C=C/CCCCCCCC(=O)O[C@H](COC(=O)CCCCCCCCC(C)CC)COP(=O)(O)OC[C@H](O)COP(=O)(O)OC[C@@H](COC(=O)CCCCCCCCCCC(C)C)OC(=O)CCCCCCCCCCCCCCCCCC(C)C.